The SMILES string of the molecule is CCNC(=O)C(C)NC(=O)c1cc(F)cnc1Cl. The number of carbonyl (C=O) groups excluding carboxylic acids is 2. The molecule has 1 rings (SSSR count). The number of hydrogen-bond donors (Lipinski definition) is 2. The molecule has 1 aromatic rings. The molecule has 18 heavy (non-hydrogen) atoms. The molecule has 0 radical (unpaired) electrons. The highest BCUT2D eigenvalue weighted by Crippen LogP contribution is 2.13. The van der Waals surface area contributed by atoms with Gasteiger partial charge in [0.2, 0.25) is 5.91 Å². The van der Waals surface area contributed by atoms with Gasteiger partial charge in [-0.15, -0.1) is 0 Å². The summed E-state index contributed by atoms with van der Waals surface area (Å²) in [6.07, 6.45) is 0.909. The molecule has 1 unspecified atom stereocenters. The van der Waals surface area contributed by atoms with Crippen LogP contribution in [0.5, 0.6) is 0 Å². The van der Waals surface area contributed by atoms with E-state index in [1.165, 1.54) is 6.92 Å². The summed E-state index contributed by atoms with van der Waals surface area (Å²) >= 11 is 5.68. The number of carbonyl (C=O) groups is 2. The monoisotopic (exact) mass is 273 g/mol. The molecule has 1 aromatic heterocycles. The van der Waals surface area contributed by atoms with E-state index in [0.29, 0.717) is 6.54 Å². The molecule has 0 aliphatic heterocycles. The van der Waals surface area contributed by atoms with E-state index in [0.717, 1.165) is 12.3 Å². The zero-order valence-corrected chi connectivity index (χ0v) is 10.7. The Morgan fingerprint density at radius 3 is 2.83 bits per heavy atom. The third-order valence-corrected chi connectivity index (χ3v) is 2.44. The number of rotatable bonds is 4. The molecule has 0 aliphatic carbocycles. The fourth-order valence-electron chi connectivity index (χ4n) is 1.25. The molecule has 1 heterocycles. The van der Waals surface area contributed by atoms with Gasteiger partial charge in [0.25, 0.3) is 5.91 Å². The maximum atomic E-state index is 12.9. The lowest BCUT2D eigenvalue weighted by atomic mass is 10.2. The molecule has 98 valence electrons. The van der Waals surface area contributed by atoms with Gasteiger partial charge in [0.05, 0.1) is 11.8 Å². The van der Waals surface area contributed by atoms with Crippen LogP contribution >= 0.6 is 11.6 Å². The van der Waals surface area contributed by atoms with Gasteiger partial charge in [-0.05, 0) is 19.9 Å². The number of nitrogens with zero attached hydrogens (tertiary/aromatic N) is 1. The van der Waals surface area contributed by atoms with Gasteiger partial charge in [0.15, 0.2) is 0 Å². The minimum absolute atomic E-state index is 0.104. The highest BCUT2D eigenvalue weighted by molar-refractivity contribution is 6.32. The molecule has 2 amide bonds. The van der Waals surface area contributed by atoms with Crippen LogP contribution in [0.2, 0.25) is 5.15 Å². The molecule has 0 aromatic carbocycles. The highest BCUT2D eigenvalue weighted by Gasteiger charge is 2.18. The lowest BCUT2D eigenvalue weighted by molar-refractivity contribution is -0.122. The van der Waals surface area contributed by atoms with Crippen molar-refractivity contribution in [2.45, 2.75) is 19.9 Å². The summed E-state index contributed by atoms with van der Waals surface area (Å²) < 4.78 is 12.9. The molecule has 1 atom stereocenters. The minimum Gasteiger partial charge on any atom is -0.355 e. The molecule has 7 heteroatoms. The zero-order chi connectivity index (χ0) is 13.7. The summed E-state index contributed by atoms with van der Waals surface area (Å²) in [6, 6.07) is 0.228. The Labute approximate surface area is 109 Å². The third kappa shape index (κ3) is 3.66. The fourth-order valence-corrected chi connectivity index (χ4v) is 1.44. The van der Waals surface area contributed by atoms with Gasteiger partial charge in [-0.25, -0.2) is 9.37 Å². The quantitative estimate of drug-likeness (QED) is 0.808. The predicted molar refractivity (Wildman–Crippen MR) is 64.8 cm³/mol. The Morgan fingerprint density at radius 1 is 1.56 bits per heavy atom. The van der Waals surface area contributed by atoms with Crippen LogP contribution in [0, 0.1) is 5.82 Å². The van der Waals surface area contributed by atoms with Crippen LogP contribution in [-0.2, 0) is 4.79 Å². The average Bonchev–Trinajstić information content (AvgIpc) is 2.32. The largest absolute Gasteiger partial charge is 0.355 e. The topological polar surface area (TPSA) is 71.1 Å². The van der Waals surface area contributed by atoms with Gasteiger partial charge in [0.1, 0.15) is 17.0 Å². The summed E-state index contributed by atoms with van der Waals surface area (Å²) in [7, 11) is 0. The summed E-state index contributed by atoms with van der Waals surface area (Å²) in [6.45, 7) is 3.74. The Kier molecular flexibility index (Phi) is 5.03. The Balaban J connectivity index is 2.76. The van der Waals surface area contributed by atoms with Crippen molar-refractivity contribution in [3.63, 3.8) is 0 Å². The molecule has 2 N–H and O–H groups in total. The van der Waals surface area contributed by atoms with Crippen LogP contribution in [0.4, 0.5) is 4.39 Å². The Bertz CT molecular complexity index is 468. The second kappa shape index (κ2) is 6.30. The van der Waals surface area contributed by atoms with E-state index in [9.17, 15) is 14.0 Å². The smallest absolute Gasteiger partial charge is 0.255 e. The number of aromatic nitrogens is 1. The van der Waals surface area contributed by atoms with E-state index in [1.54, 1.807) is 6.92 Å². The standard InChI is InChI=1S/C11H13ClFN3O2/c1-3-14-10(17)6(2)16-11(18)8-4-7(13)5-15-9(8)12/h4-6H,3H2,1-2H3,(H,14,17)(H,16,18). The lowest BCUT2D eigenvalue weighted by Gasteiger charge is -2.13. The Hall–Kier alpha value is -1.69. The molecule has 5 nitrogen and oxygen atoms in total. The predicted octanol–water partition coefficient (Wildman–Crippen LogP) is 1.13. The van der Waals surface area contributed by atoms with Crippen LogP contribution in [0.15, 0.2) is 12.3 Å². The first-order valence-corrected chi connectivity index (χ1v) is 5.73. The molecule has 0 aliphatic rings. The van der Waals surface area contributed by atoms with Gasteiger partial charge >= 0.3 is 0 Å². The van der Waals surface area contributed by atoms with E-state index in [4.69, 9.17) is 11.6 Å². The van der Waals surface area contributed by atoms with E-state index in [-0.39, 0.29) is 16.6 Å². The van der Waals surface area contributed by atoms with Gasteiger partial charge in [0, 0.05) is 6.54 Å². The zero-order valence-electron chi connectivity index (χ0n) is 9.96. The number of pyridine rings is 1. The van der Waals surface area contributed by atoms with Crippen molar-refractivity contribution in [3.8, 4) is 0 Å². The molecule has 0 spiro atoms. The van der Waals surface area contributed by atoms with Crippen molar-refractivity contribution in [1.82, 2.24) is 15.6 Å². The van der Waals surface area contributed by atoms with Gasteiger partial charge in [-0.1, -0.05) is 11.6 Å². The number of nitrogens with one attached hydrogen (secondary N) is 2. The average molecular weight is 274 g/mol. The fraction of sp³-hybridized carbons (Fsp3) is 0.364. The molecular formula is C11H13ClFN3O2. The Morgan fingerprint density at radius 2 is 2.22 bits per heavy atom. The second-order valence-corrected chi connectivity index (χ2v) is 3.94. The van der Waals surface area contributed by atoms with Crippen LogP contribution in [0.25, 0.3) is 0 Å². The normalized spacial score (nSPS) is 11.8. The molecule has 0 saturated carbocycles. The van der Waals surface area contributed by atoms with Gasteiger partial charge < -0.3 is 10.6 Å². The van der Waals surface area contributed by atoms with Gasteiger partial charge in [-0.3, -0.25) is 9.59 Å². The molecular weight excluding hydrogens is 261 g/mol. The lowest BCUT2D eigenvalue weighted by Crippen LogP contribution is -2.44. The van der Waals surface area contributed by atoms with Crippen LogP contribution in [0.1, 0.15) is 24.2 Å². The number of hydrogen-bond acceptors (Lipinski definition) is 3. The first kappa shape index (κ1) is 14.4. The molecule has 0 bridgehead atoms. The molecule has 0 saturated heterocycles. The summed E-state index contributed by atoms with van der Waals surface area (Å²) in [4.78, 5) is 26.7. The summed E-state index contributed by atoms with van der Waals surface area (Å²) in [5, 5.41) is 4.84. The van der Waals surface area contributed by atoms with Crippen molar-refractivity contribution in [3.05, 3.63) is 28.8 Å². The number of amides is 2. The maximum absolute atomic E-state index is 12.9. The minimum atomic E-state index is -0.739. The van der Waals surface area contributed by atoms with Crippen LogP contribution < -0.4 is 10.6 Å². The highest BCUT2D eigenvalue weighted by atomic mass is 35.5. The van der Waals surface area contributed by atoms with Crippen molar-refractivity contribution in [1.29, 1.82) is 0 Å². The number of halogens is 2. The second-order valence-electron chi connectivity index (χ2n) is 3.58. The van der Waals surface area contributed by atoms with E-state index in [1.807, 2.05) is 0 Å². The van der Waals surface area contributed by atoms with Crippen molar-refractivity contribution < 1.29 is 14.0 Å². The van der Waals surface area contributed by atoms with Crippen molar-refractivity contribution in [2.24, 2.45) is 0 Å². The van der Waals surface area contributed by atoms with Crippen LogP contribution in [-0.4, -0.2) is 29.4 Å². The number of likely N-dealkylation sites (N-methyl/N-ethyl adjacent to an activating group) is 1. The van der Waals surface area contributed by atoms with E-state index in [2.05, 4.69) is 15.6 Å². The maximum Gasteiger partial charge on any atom is 0.255 e. The van der Waals surface area contributed by atoms with Crippen LogP contribution in [0.3, 0.4) is 0 Å². The first-order chi connectivity index (χ1) is 8.45. The molecule has 0 fully saturated rings. The van der Waals surface area contributed by atoms with E-state index >= 15 is 0 Å². The van der Waals surface area contributed by atoms with Crippen molar-refractivity contribution in [2.75, 3.05) is 6.54 Å². The third-order valence-electron chi connectivity index (χ3n) is 2.14. The summed E-state index contributed by atoms with van der Waals surface area (Å²) in [5.74, 6) is -1.65. The first-order valence-electron chi connectivity index (χ1n) is 5.35. The summed E-state index contributed by atoms with van der Waals surface area (Å²) in [5.41, 5.74) is -0.104. The van der Waals surface area contributed by atoms with E-state index < -0.39 is 17.8 Å². The van der Waals surface area contributed by atoms with Gasteiger partial charge in [-0.2, -0.15) is 0 Å². The van der Waals surface area contributed by atoms with Crippen molar-refractivity contribution >= 4 is 23.4 Å².